The molecule has 0 atom stereocenters. The van der Waals surface area contributed by atoms with Gasteiger partial charge in [-0.3, -0.25) is 9.59 Å². The molecule has 0 spiro atoms. The Balaban J connectivity index is 2.44. The summed E-state index contributed by atoms with van der Waals surface area (Å²) >= 11 is 10.2. The molecule has 0 saturated heterocycles. The highest BCUT2D eigenvalue weighted by Crippen LogP contribution is 2.36. The zero-order valence-corrected chi connectivity index (χ0v) is 16.4. The number of anilines is 1. The van der Waals surface area contributed by atoms with E-state index in [0.717, 1.165) is 0 Å². The van der Waals surface area contributed by atoms with Crippen molar-refractivity contribution in [3.8, 4) is 5.75 Å². The summed E-state index contributed by atoms with van der Waals surface area (Å²) in [5.74, 6) is -0.703. The van der Waals surface area contributed by atoms with Gasteiger partial charge in [0.05, 0.1) is 14.2 Å². The number of rotatable bonds is 3. The molecule has 7 heteroatoms. The lowest BCUT2D eigenvalue weighted by Gasteiger charge is -2.13. The van der Waals surface area contributed by atoms with E-state index < -0.39 is 5.97 Å². The smallest absolute Gasteiger partial charge is 0.308 e. The maximum absolute atomic E-state index is 12.5. The van der Waals surface area contributed by atoms with E-state index in [9.17, 15) is 9.59 Å². The third-order valence-corrected chi connectivity index (χ3v) is 5.55. The van der Waals surface area contributed by atoms with E-state index in [4.69, 9.17) is 16.3 Å². The molecule has 0 saturated carbocycles. The van der Waals surface area contributed by atoms with Gasteiger partial charge < -0.3 is 10.1 Å². The Bertz CT molecular complexity index is 735. The first-order valence-electron chi connectivity index (χ1n) is 6.12. The first-order chi connectivity index (χ1) is 10.4. The predicted molar refractivity (Wildman–Crippen MR) is 103 cm³/mol. The molecule has 22 heavy (non-hydrogen) atoms. The van der Waals surface area contributed by atoms with Gasteiger partial charge in [0.2, 0.25) is 0 Å². The molecule has 0 aliphatic rings. The normalized spacial score (nSPS) is 10.2. The second-order valence-corrected chi connectivity index (χ2v) is 6.90. The van der Waals surface area contributed by atoms with Crippen LogP contribution in [0.15, 0.2) is 36.4 Å². The minimum atomic E-state index is -0.510. The fourth-order valence-electron chi connectivity index (χ4n) is 1.71. The van der Waals surface area contributed by atoms with Crippen LogP contribution in [0.3, 0.4) is 0 Å². The van der Waals surface area contributed by atoms with Crippen molar-refractivity contribution in [3.05, 3.63) is 54.1 Å². The minimum absolute atomic E-state index is 0.173. The van der Waals surface area contributed by atoms with E-state index in [1.54, 1.807) is 18.2 Å². The number of halogens is 3. The summed E-state index contributed by atoms with van der Waals surface area (Å²) < 4.78 is 6.41. The highest BCUT2D eigenvalue weighted by atomic mass is 127. The number of hydrogen-bond acceptors (Lipinski definition) is 3. The molecule has 2 aromatic carbocycles. The Labute approximate surface area is 159 Å². The third kappa shape index (κ3) is 4.11. The van der Waals surface area contributed by atoms with Crippen molar-refractivity contribution in [3.63, 3.8) is 0 Å². The highest BCUT2D eigenvalue weighted by Gasteiger charge is 2.22. The number of carbonyl (C=O) groups excluding carboxylic acids is 2. The molecule has 0 aliphatic carbocycles. The molecular formula is C15H10ClI2NO3. The molecule has 0 unspecified atom stereocenters. The van der Waals surface area contributed by atoms with Gasteiger partial charge in [0.15, 0.2) is 5.75 Å². The second kappa shape index (κ2) is 7.60. The van der Waals surface area contributed by atoms with E-state index in [1.165, 1.54) is 6.92 Å². The molecule has 114 valence electrons. The van der Waals surface area contributed by atoms with Crippen LogP contribution in [-0.2, 0) is 4.79 Å². The minimum Gasteiger partial charge on any atom is -0.425 e. The van der Waals surface area contributed by atoms with E-state index in [-0.39, 0.29) is 17.2 Å². The average molecular weight is 542 g/mol. The summed E-state index contributed by atoms with van der Waals surface area (Å²) in [7, 11) is 0. The number of hydrogen-bond donors (Lipinski definition) is 1. The number of nitrogens with one attached hydrogen (secondary N) is 1. The highest BCUT2D eigenvalue weighted by molar-refractivity contribution is 14.1. The average Bonchev–Trinajstić information content (AvgIpc) is 2.48. The maximum Gasteiger partial charge on any atom is 0.308 e. The van der Waals surface area contributed by atoms with Crippen LogP contribution in [0.25, 0.3) is 0 Å². The van der Waals surface area contributed by atoms with Gasteiger partial charge in [0.1, 0.15) is 0 Å². The molecule has 1 amide bonds. The standard InChI is InChI=1S/C15H10ClI2NO3/c1-8(20)22-14-10(7-11(17)12(16)13(14)18)15(21)19-9-5-3-2-4-6-9/h2-7H,1H3,(H,19,21). The van der Waals surface area contributed by atoms with E-state index in [2.05, 4.69) is 5.32 Å². The zero-order valence-electron chi connectivity index (χ0n) is 11.3. The monoisotopic (exact) mass is 541 g/mol. The van der Waals surface area contributed by atoms with Crippen LogP contribution in [0.4, 0.5) is 5.69 Å². The van der Waals surface area contributed by atoms with Crippen LogP contribution >= 0.6 is 56.8 Å². The fourth-order valence-corrected chi connectivity index (χ4v) is 3.64. The number of esters is 1. The number of amides is 1. The third-order valence-electron chi connectivity index (χ3n) is 2.64. The molecule has 2 aromatic rings. The maximum atomic E-state index is 12.5. The van der Waals surface area contributed by atoms with Crippen molar-refractivity contribution < 1.29 is 14.3 Å². The Morgan fingerprint density at radius 2 is 1.82 bits per heavy atom. The lowest BCUT2D eigenvalue weighted by atomic mass is 10.1. The molecule has 2 rings (SSSR count). The molecule has 4 nitrogen and oxygen atoms in total. The zero-order chi connectivity index (χ0) is 16.3. The number of ether oxygens (including phenoxy) is 1. The van der Waals surface area contributed by atoms with Crippen LogP contribution in [0.5, 0.6) is 5.75 Å². The van der Waals surface area contributed by atoms with E-state index in [1.807, 2.05) is 63.4 Å². The van der Waals surface area contributed by atoms with Crippen molar-refractivity contribution in [2.45, 2.75) is 6.92 Å². The van der Waals surface area contributed by atoms with Crippen LogP contribution in [0, 0.1) is 7.14 Å². The summed E-state index contributed by atoms with van der Waals surface area (Å²) in [6, 6.07) is 10.6. The Hall–Kier alpha value is -0.870. The first-order valence-corrected chi connectivity index (χ1v) is 8.66. The molecule has 1 N–H and O–H groups in total. The second-order valence-electron chi connectivity index (χ2n) is 4.28. The SMILES string of the molecule is CC(=O)Oc1c(C(=O)Nc2ccccc2)cc(I)c(Cl)c1I. The van der Waals surface area contributed by atoms with Crippen molar-refractivity contribution in [1.29, 1.82) is 0 Å². The predicted octanol–water partition coefficient (Wildman–Crippen LogP) is 4.73. The Kier molecular flexibility index (Phi) is 6.04. The molecule has 0 aromatic heterocycles. The van der Waals surface area contributed by atoms with Gasteiger partial charge in [-0.05, 0) is 63.4 Å². The van der Waals surface area contributed by atoms with Gasteiger partial charge in [-0.25, -0.2) is 0 Å². The van der Waals surface area contributed by atoms with Crippen LogP contribution in [0.2, 0.25) is 5.02 Å². The van der Waals surface area contributed by atoms with Gasteiger partial charge in [-0.15, -0.1) is 0 Å². The summed E-state index contributed by atoms with van der Waals surface area (Å²) in [4.78, 5) is 23.8. The quantitative estimate of drug-likeness (QED) is 0.265. The Morgan fingerprint density at radius 1 is 1.18 bits per heavy atom. The molecule has 0 heterocycles. The number of para-hydroxylation sites is 1. The van der Waals surface area contributed by atoms with E-state index in [0.29, 0.717) is 17.9 Å². The molecule has 0 radical (unpaired) electrons. The number of carbonyl (C=O) groups is 2. The fraction of sp³-hybridized carbons (Fsp3) is 0.0667. The molecule has 0 aliphatic heterocycles. The van der Waals surface area contributed by atoms with Crippen LogP contribution < -0.4 is 10.1 Å². The largest absolute Gasteiger partial charge is 0.425 e. The summed E-state index contributed by atoms with van der Waals surface area (Å²) in [5, 5.41) is 3.22. The first kappa shape index (κ1) is 17.5. The molecular weight excluding hydrogens is 531 g/mol. The van der Waals surface area contributed by atoms with E-state index >= 15 is 0 Å². The van der Waals surface area contributed by atoms with Crippen molar-refractivity contribution >= 4 is 74.3 Å². The van der Waals surface area contributed by atoms with Crippen LogP contribution in [0.1, 0.15) is 17.3 Å². The lowest BCUT2D eigenvalue weighted by Crippen LogP contribution is -2.16. The summed E-state index contributed by atoms with van der Waals surface area (Å²) in [6.45, 7) is 1.28. The topological polar surface area (TPSA) is 55.4 Å². The van der Waals surface area contributed by atoms with Gasteiger partial charge in [0.25, 0.3) is 5.91 Å². The summed E-state index contributed by atoms with van der Waals surface area (Å²) in [5.41, 5.74) is 0.915. The van der Waals surface area contributed by atoms with Crippen LogP contribution in [-0.4, -0.2) is 11.9 Å². The summed E-state index contributed by atoms with van der Waals surface area (Å²) in [6.07, 6.45) is 0. The van der Waals surface area contributed by atoms with Crippen molar-refractivity contribution in [2.75, 3.05) is 5.32 Å². The lowest BCUT2D eigenvalue weighted by molar-refractivity contribution is -0.131. The van der Waals surface area contributed by atoms with Gasteiger partial charge in [0, 0.05) is 16.2 Å². The van der Waals surface area contributed by atoms with Crippen molar-refractivity contribution in [1.82, 2.24) is 0 Å². The van der Waals surface area contributed by atoms with Gasteiger partial charge in [-0.2, -0.15) is 0 Å². The molecule has 0 bridgehead atoms. The van der Waals surface area contributed by atoms with Gasteiger partial charge >= 0.3 is 5.97 Å². The number of benzene rings is 2. The van der Waals surface area contributed by atoms with Gasteiger partial charge in [-0.1, -0.05) is 29.8 Å². The molecule has 0 fully saturated rings. The van der Waals surface area contributed by atoms with Crippen molar-refractivity contribution in [2.24, 2.45) is 0 Å². The Morgan fingerprint density at radius 3 is 2.41 bits per heavy atom.